The van der Waals surface area contributed by atoms with Crippen LogP contribution in [0.5, 0.6) is 0 Å². The van der Waals surface area contributed by atoms with E-state index in [1.807, 2.05) is 30.8 Å². The molecule has 6 nitrogen and oxygen atoms in total. The minimum Gasteiger partial charge on any atom is -0.363 e. The Labute approximate surface area is 100 Å². The number of hydrogen-bond donors (Lipinski definition) is 2. The number of aryl methyl sites for hydroxylation is 1. The van der Waals surface area contributed by atoms with E-state index in [9.17, 15) is 0 Å². The van der Waals surface area contributed by atoms with Crippen molar-refractivity contribution in [2.75, 3.05) is 17.2 Å². The zero-order valence-corrected chi connectivity index (χ0v) is 10.0. The molecule has 0 unspecified atom stereocenters. The summed E-state index contributed by atoms with van der Waals surface area (Å²) in [5.74, 6) is 2.39. The standard InChI is InChI=1S/C11H16N6/c1-3-12-11-14-5-4-9(16-11)15-8-10-13-6-7-17(10)2/h4-7H,3,8H2,1-2H3,(H2,12,14,15,16). The third-order valence-corrected chi connectivity index (χ3v) is 2.34. The third-order valence-electron chi connectivity index (χ3n) is 2.34. The highest BCUT2D eigenvalue weighted by atomic mass is 15.1. The van der Waals surface area contributed by atoms with Crippen molar-refractivity contribution in [3.05, 3.63) is 30.5 Å². The molecule has 0 saturated heterocycles. The summed E-state index contributed by atoms with van der Waals surface area (Å²) in [5, 5.41) is 6.28. The van der Waals surface area contributed by atoms with Crippen molar-refractivity contribution >= 4 is 11.8 Å². The summed E-state index contributed by atoms with van der Waals surface area (Å²) < 4.78 is 1.97. The minimum atomic E-state index is 0.636. The van der Waals surface area contributed by atoms with Crippen LogP contribution in [-0.2, 0) is 13.6 Å². The van der Waals surface area contributed by atoms with E-state index in [0.29, 0.717) is 12.5 Å². The Morgan fingerprint density at radius 1 is 1.24 bits per heavy atom. The number of aromatic nitrogens is 4. The van der Waals surface area contributed by atoms with E-state index in [-0.39, 0.29) is 0 Å². The van der Waals surface area contributed by atoms with Crippen LogP contribution in [0.1, 0.15) is 12.7 Å². The summed E-state index contributed by atoms with van der Waals surface area (Å²) in [6.07, 6.45) is 5.42. The summed E-state index contributed by atoms with van der Waals surface area (Å²) in [5.41, 5.74) is 0. The van der Waals surface area contributed by atoms with Gasteiger partial charge >= 0.3 is 0 Å². The van der Waals surface area contributed by atoms with Gasteiger partial charge in [0.2, 0.25) is 5.95 Å². The Bertz CT molecular complexity index is 478. The number of nitrogens with zero attached hydrogens (tertiary/aromatic N) is 4. The molecule has 0 saturated carbocycles. The van der Waals surface area contributed by atoms with Crippen LogP contribution < -0.4 is 10.6 Å². The largest absolute Gasteiger partial charge is 0.363 e. The Balaban J connectivity index is 1.99. The second-order valence-electron chi connectivity index (χ2n) is 3.60. The lowest BCUT2D eigenvalue weighted by Gasteiger charge is -2.07. The van der Waals surface area contributed by atoms with Gasteiger partial charge < -0.3 is 15.2 Å². The van der Waals surface area contributed by atoms with E-state index >= 15 is 0 Å². The summed E-state index contributed by atoms with van der Waals surface area (Å²) in [6, 6.07) is 1.84. The van der Waals surface area contributed by atoms with E-state index in [1.54, 1.807) is 12.4 Å². The zero-order chi connectivity index (χ0) is 12.1. The molecular formula is C11H16N6. The van der Waals surface area contributed by atoms with Crippen LogP contribution in [0.15, 0.2) is 24.7 Å². The average Bonchev–Trinajstić information content (AvgIpc) is 2.73. The summed E-state index contributed by atoms with van der Waals surface area (Å²) in [4.78, 5) is 12.7. The quantitative estimate of drug-likeness (QED) is 0.812. The van der Waals surface area contributed by atoms with E-state index in [4.69, 9.17) is 0 Å². The first-order valence-electron chi connectivity index (χ1n) is 5.56. The molecule has 0 spiro atoms. The first-order valence-corrected chi connectivity index (χ1v) is 5.56. The fourth-order valence-electron chi connectivity index (χ4n) is 1.44. The molecule has 2 aromatic heterocycles. The fourth-order valence-corrected chi connectivity index (χ4v) is 1.44. The van der Waals surface area contributed by atoms with Crippen molar-refractivity contribution in [2.24, 2.45) is 7.05 Å². The van der Waals surface area contributed by atoms with E-state index < -0.39 is 0 Å². The van der Waals surface area contributed by atoms with Gasteiger partial charge in [-0.2, -0.15) is 4.98 Å². The number of nitrogens with one attached hydrogen (secondary N) is 2. The molecule has 0 radical (unpaired) electrons. The normalized spacial score (nSPS) is 10.2. The number of imidazole rings is 1. The molecule has 90 valence electrons. The van der Waals surface area contributed by atoms with Gasteiger partial charge in [0, 0.05) is 32.2 Å². The van der Waals surface area contributed by atoms with Gasteiger partial charge in [-0.25, -0.2) is 9.97 Å². The Kier molecular flexibility index (Phi) is 3.54. The summed E-state index contributed by atoms with van der Waals surface area (Å²) in [6.45, 7) is 3.46. The van der Waals surface area contributed by atoms with E-state index in [2.05, 4.69) is 25.6 Å². The van der Waals surface area contributed by atoms with Crippen molar-refractivity contribution in [3.8, 4) is 0 Å². The molecule has 0 aromatic carbocycles. The molecule has 2 N–H and O–H groups in total. The van der Waals surface area contributed by atoms with Crippen LogP contribution in [0.4, 0.5) is 11.8 Å². The number of anilines is 2. The van der Waals surface area contributed by atoms with Gasteiger partial charge in [-0.15, -0.1) is 0 Å². The topological polar surface area (TPSA) is 67.7 Å². The minimum absolute atomic E-state index is 0.636. The van der Waals surface area contributed by atoms with Crippen molar-refractivity contribution in [3.63, 3.8) is 0 Å². The molecule has 2 heterocycles. The van der Waals surface area contributed by atoms with Gasteiger partial charge in [-0.1, -0.05) is 0 Å². The van der Waals surface area contributed by atoms with Crippen LogP contribution >= 0.6 is 0 Å². The van der Waals surface area contributed by atoms with Crippen LogP contribution in [0, 0.1) is 0 Å². The van der Waals surface area contributed by atoms with Gasteiger partial charge in [0.05, 0.1) is 6.54 Å². The van der Waals surface area contributed by atoms with Gasteiger partial charge in [0.1, 0.15) is 11.6 Å². The van der Waals surface area contributed by atoms with Crippen molar-refractivity contribution in [1.82, 2.24) is 19.5 Å². The lowest BCUT2D eigenvalue weighted by Crippen LogP contribution is -2.08. The molecule has 0 aliphatic carbocycles. The predicted octanol–water partition coefficient (Wildman–Crippen LogP) is 1.25. The van der Waals surface area contributed by atoms with Gasteiger partial charge in [0.25, 0.3) is 0 Å². The lowest BCUT2D eigenvalue weighted by molar-refractivity contribution is 0.810. The van der Waals surface area contributed by atoms with Gasteiger partial charge in [-0.05, 0) is 13.0 Å². The van der Waals surface area contributed by atoms with Crippen LogP contribution in [0.3, 0.4) is 0 Å². The number of hydrogen-bond acceptors (Lipinski definition) is 5. The summed E-state index contributed by atoms with van der Waals surface area (Å²) in [7, 11) is 1.97. The molecule has 0 bridgehead atoms. The van der Waals surface area contributed by atoms with Gasteiger partial charge in [-0.3, -0.25) is 0 Å². The molecule has 17 heavy (non-hydrogen) atoms. The molecule has 0 amide bonds. The van der Waals surface area contributed by atoms with Crippen molar-refractivity contribution in [1.29, 1.82) is 0 Å². The second kappa shape index (κ2) is 5.29. The second-order valence-corrected chi connectivity index (χ2v) is 3.60. The average molecular weight is 232 g/mol. The molecule has 2 aromatic rings. The zero-order valence-electron chi connectivity index (χ0n) is 10.0. The lowest BCUT2D eigenvalue weighted by atomic mass is 10.5. The maximum absolute atomic E-state index is 4.32. The Hall–Kier alpha value is -2.11. The molecule has 2 rings (SSSR count). The molecule has 0 aliphatic heterocycles. The van der Waals surface area contributed by atoms with E-state index in [1.165, 1.54) is 0 Å². The van der Waals surface area contributed by atoms with Crippen LogP contribution in [0.25, 0.3) is 0 Å². The highest BCUT2D eigenvalue weighted by molar-refractivity contribution is 5.39. The molecular weight excluding hydrogens is 216 g/mol. The highest BCUT2D eigenvalue weighted by Crippen LogP contribution is 2.06. The summed E-state index contributed by atoms with van der Waals surface area (Å²) >= 11 is 0. The maximum Gasteiger partial charge on any atom is 0.224 e. The molecule has 0 fully saturated rings. The SMILES string of the molecule is CCNc1nccc(NCc2nccn2C)n1. The third kappa shape index (κ3) is 2.93. The Morgan fingerprint density at radius 3 is 2.82 bits per heavy atom. The molecule has 0 atom stereocenters. The molecule has 0 aliphatic rings. The fraction of sp³-hybridized carbons (Fsp3) is 0.364. The smallest absolute Gasteiger partial charge is 0.224 e. The molecule has 6 heteroatoms. The van der Waals surface area contributed by atoms with Crippen molar-refractivity contribution in [2.45, 2.75) is 13.5 Å². The van der Waals surface area contributed by atoms with Crippen LogP contribution in [-0.4, -0.2) is 26.1 Å². The maximum atomic E-state index is 4.32. The predicted molar refractivity (Wildman–Crippen MR) is 66.7 cm³/mol. The number of rotatable bonds is 5. The first kappa shape index (κ1) is 11.4. The van der Waals surface area contributed by atoms with Gasteiger partial charge in [0.15, 0.2) is 0 Å². The van der Waals surface area contributed by atoms with Crippen LogP contribution in [0.2, 0.25) is 0 Å². The Morgan fingerprint density at radius 2 is 2.12 bits per heavy atom. The van der Waals surface area contributed by atoms with Crippen molar-refractivity contribution < 1.29 is 0 Å². The van der Waals surface area contributed by atoms with E-state index in [0.717, 1.165) is 18.2 Å². The monoisotopic (exact) mass is 232 g/mol. The first-order chi connectivity index (χ1) is 8.29. The highest BCUT2D eigenvalue weighted by Gasteiger charge is 2.01.